The molecule has 0 atom stereocenters. The van der Waals surface area contributed by atoms with Gasteiger partial charge in [-0.3, -0.25) is 9.59 Å². The molecule has 3 aromatic rings. The van der Waals surface area contributed by atoms with Crippen molar-refractivity contribution in [1.29, 1.82) is 0 Å². The summed E-state index contributed by atoms with van der Waals surface area (Å²) in [6.07, 6.45) is 0. The molecular formula is C23H22FN3O4S. The number of hydrogen-bond acceptors (Lipinski definition) is 4. The Bertz CT molecular complexity index is 1180. The second-order valence-corrected chi connectivity index (χ2v) is 8.96. The van der Waals surface area contributed by atoms with Crippen LogP contribution in [-0.4, -0.2) is 31.1 Å². The fourth-order valence-corrected chi connectivity index (χ4v) is 4.37. The van der Waals surface area contributed by atoms with Crippen LogP contribution < -0.4 is 10.6 Å². The molecule has 0 radical (unpaired) electrons. The number of nitrogens with one attached hydrogen (secondary N) is 2. The summed E-state index contributed by atoms with van der Waals surface area (Å²) in [5.41, 5.74) is 1.56. The van der Waals surface area contributed by atoms with E-state index in [1.54, 1.807) is 42.5 Å². The van der Waals surface area contributed by atoms with E-state index in [0.29, 0.717) is 16.9 Å². The number of amides is 2. The molecule has 0 aliphatic heterocycles. The zero-order valence-corrected chi connectivity index (χ0v) is 18.1. The van der Waals surface area contributed by atoms with Gasteiger partial charge in [0.15, 0.2) is 0 Å². The number of sulfonamides is 1. The molecule has 2 N–H and O–H groups in total. The lowest BCUT2D eigenvalue weighted by Gasteiger charge is -2.22. The molecule has 2 amide bonds. The van der Waals surface area contributed by atoms with Gasteiger partial charge < -0.3 is 10.6 Å². The molecular weight excluding hydrogens is 433 g/mol. The van der Waals surface area contributed by atoms with Crippen LogP contribution in [0.1, 0.15) is 12.5 Å². The van der Waals surface area contributed by atoms with Gasteiger partial charge in [0.25, 0.3) is 0 Å². The van der Waals surface area contributed by atoms with Crippen LogP contribution in [0.2, 0.25) is 0 Å². The zero-order chi connectivity index (χ0) is 23.1. The van der Waals surface area contributed by atoms with Gasteiger partial charge in [-0.2, -0.15) is 4.31 Å². The van der Waals surface area contributed by atoms with Gasteiger partial charge in [0.2, 0.25) is 21.8 Å². The summed E-state index contributed by atoms with van der Waals surface area (Å²) < 4.78 is 40.6. The van der Waals surface area contributed by atoms with Crippen molar-refractivity contribution in [2.75, 3.05) is 17.2 Å². The second kappa shape index (κ2) is 10.2. The van der Waals surface area contributed by atoms with E-state index < -0.39 is 28.3 Å². The molecule has 0 saturated carbocycles. The van der Waals surface area contributed by atoms with Crippen LogP contribution in [0.15, 0.2) is 83.8 Å². The number of carbonyl (C=O) groups excluding carboxylic acids is 2. The maximum atomic E-state index is 13.3. The summed E-state index contributed by atoms with van der Waals surface area (Å²) in [5.74, 6) is -1.20. The molecule has 0 aliphatic carbocycles. The van der Waals surface area contributed by atoms with E-state index in [9.17, 15) is 22.4 Å². The van der Waals surface area contributed by atoms with Crippen molar-refractivity contribution in [2.24, 2.45) is 0 Å². The largest absolute Gasteiger partial charge is 0.326 e. The highest BCUT2D eigenvalue weighted by Gasteiger charge is 2.27. The summed E-state index contributed by atoms with van der Waals surface area (Å²) >= 11 is 0. The number of halogens is 1. The smallest absolute Gasteiger partial charge is 0.243 e. The van der Waals surface area contributed by atoms with Crippen LogP contribution in [0.4, 0.5) is 15.8 Å². The van der Waals surface area contributed by atoms with Gasteiger partial charge in [0, 0.05) is 24.8 Å². The third-order valence-electron chi connectivity index (χ3n) is 4.46. The van der Waals surface area contributed by atoms with Crippen molar-refractivity contribution in [2.45, 2.75) is 18.4 Å². The van der Waals surface area contributed by atoms with Crippen molar-refractivity contribution >= 4 is 33.2 Å². The maximum Gasteiger partial charge on any atom is 0.243 e. The van der Waals surface area contributed by atoms with Gasteiger partial charge in [0.05, 0.1) is 11.4 Å². The lowest BCUT2D eigenvalue weighted by atomic mass is 10.2. The first-order valence-electron chi connectivity index (χ1n) is 9.71. The molecule has 0 saturated heterocycles. The molecule has 0 unspecified atom stereocenters. The summed E-state index contributed by atoms with van der Waals surface area (Å²) in [6, 6.07) is 19.6. The molecule has 32 heavy (non-hydrogen) atoms. The van der Waals surface area contributed by atoms with Crippen LogP contribution in [0.3, 0.4) is 0 Å². The Balaban J connectivity index is 1.79. The molecule has 0 aliphatic rings. The van der Waals surface area contributed by atoms with Crippen molar-refractivity contribution in [3.05, 3.63) is 90.2 Å². The zero-order valence-electron chi connectivity index (χ0n) is 17.3. The first-order valence-corrected chi connectivity index (χ1v) is 11.2. The molecule has 0 fully saturated rings. The van der Waals surface area contributed by atoms with E-state index in [2.05, 4.69) is 10.6 Å². The molecule has 0 heterocycles. The summed E-state index contributed by atoms with van der Waals surface area (Å²) in [6.45, 7) is 0.840. The fraction of sp³-hybridized carbons (Fsp3) is 0.130. The fourth-order valence-electron chi connectivity index (χ4n) is 2.96. The lowest BCUT2D eigenvalue weighted by Crippen LogP contribution is -2.37. The van der Waals surface area contributed by atoms with Gasteiger partial charge in [-0.15, -0.1) is 0 Å². The Morgan fingerprint density at radius 2 is 1.41 bits per heavy atom. The van der Waals surface area contributed by atoms with Gasteiger partial charge in [-0.1, -0.05) is 30.3 Å². The van der Waals surface area contributed by atoms with Crippen LogP contribution in [0.5, 0.6) is 0 Å². The highest BCUT2D eigenvalue weighted by molar-refractivity contribution is 7.89. The van der Waals surface area contributed by atoms with E-state index in [1.807, 2.05) is 0 Å². The molecule has 0 aromatic heterocycles. The van der Waals surface area contributed by atoms with Gasteiger partial charge in [-0.05, 0) is 54.1 Å². The molecule has 3 rings (SSSR count). The standard InChI is InChI=1S/C23H22FN3O4S/c1-17(28)25-20-11-13-21(14-12-20)26-23(29)16-27(15-18-7-9-19(24)10-8-18)32(30,31)22-5-3-2-4-6-22/h2-14H,15-16H2,1H3,(H,25,28)(H,26,29). The first kappa shape index (κ1) is 23.1. The van der Waals surface area contributed by atoms with Crippen LogP contribution in [0, 0.1) is 5.82 Å². The molecule has 3 aromatic carbocycles. The van der Waals surface area contributed by atoms with E-state index in [1.165, 1.54) is 43.3 Å². The predicted octanol–water partition coefficient (Wildman–Crippen LogP) is 3.61. The minimum absolute atomic E-state index is 0.0505. The lowest BCUT2D eigenvalue weighted by molar-refractivity contribution is -0.116. The number of nitrogens with zero attached hydrogens (tertiary/aromatic N) is 1. The van der Waals surface area contributed by atoms with E-state index in [-0.39, 0.29) is 17.3 Å². The number of anilines is 2. The molecule has 0 bridgehead atoms. The number of hydrogen-bond donors (Lipinski definition) is 2. The number of carbonyl (C=O) groups is 2. The molecule has 9 heteroatoms. The summed E-state index contributed by atoms with van der Waals surface area (Å²) in [4.78, 5) is 23.8. The van der Waals surface area contributed by atoms with Crippen molar-refractivity contribution < 1.29 is 22.4 Å². The van der Waals surface area contributed by atoms with Crippen molar-refractivity contribution in [3.63, 3.8) is 0 Å². The van der Waals surface area contributed by atoms with E-state index in [0.717, 1.165) is 4.31 Å². The minimum Gasteiger partial charge on any atom is -0.326 e. The Hall–Kier alpha value is -3.56. The first-order chi connectivity index (χ1) is 15.2. The van der Waals surface area contributed by atoms with Gasteiger partial charge >= 0.3 is 0 Å². The Morgan fingerprint density at radius 3 is 1.97 bits per heavy atom. The quantitative estimate of drug-likeness (QED) is 0.542. The van der Waals surface area contributed by atoms with E-state index >= 15 is 0 Å². The Kier molecular flexibility index (Phi) is 7.34. The molecule has 7 nitrogen and oxygen atoms in total. The topological polar surface area (TPSA) is 95.6 Å². The van der Waals surface area contributed by atoms with Gasteiger partial charge in [-0.25, -0.2) is 12.8 Å². The SMILES string of the molecule is CC(=O)Nc1ccc(NC(=O)CN(Cc2ccc(F)cc2)S(=O)(=O)c2ccccc2)cc1. The van der Waals surface area contributed by atoms with E-state index in [4.69, 9.17) is 0 Å². The van der Waals surface area contributed by atoms with Crippen molar-refractivity contribution in [3.8, 4) is 0 Å². The minimum atomic E-state index is -3.99. The van der Waals surface area contributed by atoms with Crippen LogP contribution >= 0.6 is 0 Å². The molecule has 0 spiro atoms. The Labute approximate surface area is 185 Å². The predicted molar refractivity (Wildman–Crippen MR) is 120 cm³/mol. The van der Waals surface area contributed by atoms with Crippen LogP contribution in [-0.2, 0) is 26.2 Å². The average Bonchev–Trinajstić information content (AvgIpc) is 2.76. The normalized spacial score (nSPS) is 11.2. The van der Waals surface area contributed by atoms with Crippen molar-refractivity contribution in [1.82, 2.24) is 4.31 Å². The number of benzene rings is 3. The monoisotopic (exact) mass is 455 g/mol. The third kappa shape index (κ3) is 6.22. The highest BCUT2D eigenvalue weighted by Crippen LogP contribution is 2.19. The second-order valence-electron chi connectivity index (χ2n) is 7.02. The summed E-state index contributed by atoms with van der Waals surface area (Å²) in [5, 5.41) is 5.27. The molecule has 166 valence electrons. The maximum absolute atomic E-state index is 13.3. The number of rotatable bonds is 8. The summed E-state index contributed by atoms with van der Waals surface area (Å²) in [7, 11) is -3.99. The van der Waals surface area contributed by atoms with Gasteiger partial charge in [0.1, 0.15) is 5.82 Å². The highest BCUT2D eigenvalue weighted by atomic mass is 32.2. The third-order valence-corrected chi connectivity index (χ3v) is 6.27. The van der Waals surface area contributed by atoms with Crippen LogP contribution in [0.25, 0.3) is 0 Å². The Morgan fingerprint density at radius 1 is 0.844 bits per heavy atom. The average molecular weight is 456 g/mol.